The quantitative estimate of drug-likeness (QED) is 0.884. The minimum absolute atomic E-state index is 0.152. The molecule has 2 rings (SSSR count). The van der Waals surface area contributed by atoms with Crippen LogP contribution in [-0.2, 0) is 0 Å². The average molecular weight is 320 g/mol. The molecular formula is C14H14BrN3O. The van der Waals surface area contributed by atoms with Crippen LogP contribution in [0.3, 0.4) is 0 Å². The maximum atomic E-state index is 12.0. The minimum Gasteiger partial charge on any atom is -0.378 e. The normalized spacial score (nSPS) is 10.1. The monoisotopic (exact) mass is 319 g/mol. The number of amides is 1. The van der Waals surface area contributed by atoms with Crippen LogP contribution in [0.2, 0.25) is 0 Å². The molecule has 1 heterocycles. The summed E-state index contributed by atoms with van der Waals surface area (Å²) in [5, 5.41) is 2.85. The van der Waals surface area contributed by atoms with Gasteiger partial charge in [-0.2, -0.15) is 0 Å². The summed E-state index contributed by atoms with van der Waals surface area (Å²) in [6.45, 7) is 0. The Balaban J connectivity index is 2.10. The Morgan fingerprint density at radius 1 is 1.21 bits per heavy atom. The first-order valence-corrected chi connectivity index (χ1v) is 6.56. The summed E-state index contributed by atoms with van der Waals surface area (Å²) in [6, 6.07) is 11.0. The van der Waals surface area contributed by atoms with Crippen molar-refractivity contribution < 1.29 is 4.79 Å². The molecular weight excluding hydrogens is 306 g/mol. The van der Waals surface area contributed by atoms with Crippen molar-refractivity contribution in [1.82, 2.24) is 4.98 Å². The lowest BCUT2D eigenvalue weighted by atomic mass is 10.2. The van der Waals surface area contributed by atoms with Crippen molar-refractivity contribution in [2.45, 2.75) is 0 Å². The standard InChI is InChI=1S/C14H14BrN3O/c1-18(2)12-5-3-11(4-6-12)17-14(19)10-7-8-16-13(15)9-10/h3-9H,1-2H3,(H,17,19). The molecule has 2 aromatic rings. The molecule has 0 radical (unpaired) electrons. The molecule has 0 saturated carbocycles. The zero-order chi connectivity index (χ0) is 13.8. The molecule has 1 aromatic heterocycles. The average Bonchev–Trinajstić information content (AvgIpc) is 2.39. The number of hydrogen-bond acceptors (Lipinski definition) is 3. The highest BCUT2D eigenvalue weighted by Crippen LogP contribution is 2.17. The number of aromatic nitrogens is 1. The number of rotatable bonds is 3. The van der Waals surface area contributed by atoms with Crippen LogP contribution in [0.25, 0.3) is 0 Å². The highest BCUT2D eigenvalue weighted by molar-refractivity contribution is 9.10. The Kier molecular flexibility index (Phi) is 4.16. The van der Waals surface area contributed by atoms with Gasteiger partial charge < -0.3 is 10.2 Å². The molecule has 0 atom stereocenters. The van der Waals surface area contributed by atoms with Gasteiger partial charge in [0.25, 0.3) is 5.91 Å². The van der Waals surface area contributed by atoms with Gasteiger partial charge in [0.2, 0.25) is 0 Å². The van der Waals surface area contributed by atoms with Crippen molar-refractivity contribution in [3.8, 4) is 0 Å². The van der Waals surface area contributed by atoms with Gasteiger partial charge in [-0.3, -0.25) is 4.79 Å². The molecule has 0 aliphatic heterocycles. The van der Waals surface area contributed by atoms with Crippen molar-refractivity contribution in [2.75, 3.05) is 24.3 Å². The third kappa shape index (κ3) is 3.54. The minimum atomic E-state index is -0.152. The van der Waals surface area contributed by atoms with Gasteiger partial charge in [0, 0.05) is 37.2 Å². The number of pyridine rings is 1. The molecule has 98 valence electrons. The van der Waals surface area contributed by atoms with Gasteiger partial charge in [-0.05, 0) is 52.3 Å². The first-order chi connectivity index (χ1) is 9.06. The summed E-state index contributed by atoms with van der Waals surface area (Å²) >= 11 is 3.24. The third-order valence-corrected chi connectivity index (χ3v) is 3.06. The molecule has 0 fully saturated rings. The second-order valence-corrected chi connectivity index (χ2v) is 5.08. The predicted octanol–water partition coefficient (Wildman–Crippen LogP) is 3.16. The summed E-state index contributed by atoms with van der Waals surface area (Å²) in [4.78, 5) is 18.0. The Hall–Kier alpha value is -1.88. The van der Waals surface area contributed by atoms with E-state index in [-0.39, 0.29) is 5.91 Å². The SMILES string of the molecule is CN(C)c1ccc(NC(=O)c2ccnc(Br)c2)cc1. The van der Waals surface area contributed by atoms with Gasteiger partial charge in [-0.25, -0.2) is 4.98 Å². The van der Waals surface area contributed by atoms with Crippen LogP contribution in [0.4, 0.5) is 11.4 Å². The van der Waals surface area contributed by atoms with E-state index >= 15 is 0 Å². The predicted molar refractivity (Wildman–Crippen MR) is 80.7 cm³/mol. The molecule has 0 bridgehead atoms. The zero-order valence-electron chi connectivity index (χ0n) is 10.7. The van der Waals surface area contributed by atoms with Crippen LogP contribution in [-0.4, -0.2) is 25.0 Å². The highest BCUT2D eigenvalue weighted by atomic mass is 79.9. The largest absolute Gasteiger partial charge is 0.378 e. The molecule has 0 aliphatic rings. The van der Waals surface area contributed by atoms with E-state index in [0.29, 0.717) is 10.2 Å². The Bertz CT molecular complexity index is 581. The second-order valence-electron chi connectivity index (χ2n) is 4.26. The van der Waals surface area contributed by atoms with E-state index in [9.17, 15) is 4.79 Å². The molecule has 0 unspecified atom stereocenters. The van der Waals surface area contributed by atoms with E-state index in [1.807, 2.05) is 43.3 Å². The molecule has 1 N–H and O–H groups in total. The lowest BCUT2D eigenvalue weighted by Gasteiger charge is -2.13. The first kappa shape index (κ1) is 13.5. The summed E-state index contributed by atoms with van der Waals surface area (Å²) in [5.41, 5.74) is 2.42. The van der Waals surface area contributed by atoms with Gasteiger partial charge in [0.05, 0.1) is 0 Å². The van der Waals surface area contributed by atoms with Crippen LogP contribution >= 0.6 is 15.9 Å². The summed E-state index contributed by atoms with van der Waals surface area (Å²) in [7, 11) is 3.95. The highest BCUT2D eigenvalue weighted by Gasteiger charge is 2.06. The van der Waals surface area contributed by atoms with E-state index in [2.05, 4.69) is 26.2 Å². The topological polar surface area (TPSA) is 45.2 Å². The number of nitrogens with one attached hydrogen (secondary N) is 1. The van der Waals surface area contributed by atoms with E-state index in [1.54, 1.807) is 18.3 Å². The number of benzene rings is 1. The number of carbonyl (C=O) groups excluding carboxylic acids is 1. The fourth-order valence-corrected chi connectivity index (χ4v) is 1.95. The molecule has 1 aromatic carbocycles. The van der Waals surface area contributed by atoms with E-state index in [4.69, 9.17) is 0 Å². The van der Waals surface area contributed by atoms with Crippen LogP contribution in [0, 0.1) is 0 Å². The fourth-order valence-electron chi connectivity index (χ4n) is 1.59. The summed E-state index contributed by atoms with van der Waals surface area (Å²) in [5.74, 6) is -0.152. The molecule has 19 heavy (non-hydrogen) atoms. The number of anilines is 2. The third-order valence-electron chi connectivity index (χ3n) is 2.63. The van der Waals surface area contributed by atoms with E-state index in [1.165, 1.54) is 0 Å². The van der Waals surface area contributed by atoms with Crippen molar-refractivity contribution in [3.05, 3.63) is 52.8 Å². The van der Waals surface area contributed by atoms with Crippen molar-refractivity contribution in [2.24, 2.45) is 0 Å². The van der Waals surface area contributed by atoms with Gasteiger partial charge in [-0.15, -0.1) is 0 Å². The molecule has 1 amide bonds. The van der Waals surface area contributed by atoms with Crippen LogP contribution in [0.1, 0.15) is 10.4 Å². The smallest absolute Gasteiger partial charge is 0.255 e. The Labute approximate surface area is 120 Å². The number of hydrogen-bond donors (Lipinski definition) is 1. The number of nitrogens with zero attached hydrogens (tertiary/aromatic N) is 2. The zero-order valence-corrected chi connectivity index (χ0v) is 12.3. The van der Waals surface area contributed by atoms with Crippen LogP contribution in [0.15, 0.2) is 47.2 Å². The molecule has 4 nitrogen and oxygen atoms in total. The Morgan fingerprint density at radius 2 is 1.89 bits per heavy atom. The molecule has 0 spiro atoms. The lowest BCUT2D eigenvalue weighted by Crippen LogP contribution is -2.12. The van der Waals surface area contributed by atoms with Gasteiger partial charge >= 0.3 is 0 Å². The number of carbonyl (C=O) groups is 1. The molecule has 0 saturated heterocycles. The number of halogens is 1. The van der Waals surface area contributed by atoms with E-state index < -0.39 is 0 Å². The van der Waals surface area contributed by atoms with Crippen LogP contribution < -0.4 is 10.2 Å². The molecule has 0 aliphatic carbocycles. The van der Waals surface area contributed by atoms with Gasteiger partial charge in [0.1, 0.15) is 4.60 Å². The van der Waals surface area contributed by atoms with E-state index in [0.717, 1.165) is 11.4 Å². The van der Waals surface area contributed by atoms with Crippen LogP contribution in [0.5, 0.6) is 0 Å². The fraction of sp³-hybridized carbons (Fsp3) is 0.143. The molecule has 5 heteroatoms. The lowest BCUT2D eigenvalue weighted by molar-refractivity contribution is 0.102. The maximum absolute atomic E-state index is 12.0. The maximum Gasteiger partial charge on any atom is 0.255 e. The first-order valence-electron chi connectivity index (χ1n) is 5.76. The van der Waals surface area contributed by atoms with Gasteiger partial charge in [-0.1, -0.05) is 0 Å². The second kappa shape index (κ2) is 5.84. The Morgan fingerprint density at radius 3 is 2.47 bits per heavy atom. The summed E-state index contributed by atoms with van der Waals surface area (Å²) in [6.07, 6.45) is 1.59. The van der Waals surface area contributed by atoms with Gasteiger partial charge in [0.15, 0.2) is 0 Å². The van der Waals surface area contributed by atoms with Crippen molar-refractivity contribution >= 4 is 33.2 Å². The van der Waals surface area contributed by atoms with Crippen molar-refractivity contribution in [3.63, 3.8) is 0 Å². The summed E-state index contributed by atoms with van der Waals surface area (Å²) < 4.78 is 0.642. The van der Waals surface area contributed by atoms with Crippen molar-refractivity contribution in [1.29, 1.82) is 0 Å².